The van der Waals surface area contributed by atoms with Crippen molar-refractivity contribution in [2.24, 2.45) is 5.92 Å². The summed E-state index contributed by atoms with van der Waals surface area (Å²) in [5, 5.41) is 3.10. The summed E-state index contributed by atoms with van der Waals surface area (Å²) in [7, 11) is 0. The molecule has 1 fully saturated rings. The third kappa shape index (κ3) is 1.30. The average molecular weight is 157 g/mol. The first-order valence-corrected chi connectivity index (χ1v) is 3.99. The highest BCUT2D eigenvalue weighted by Crippen LogP contribution is 2.23. The normalized spacial score (nSPS) is 31.3. The lowest BCUT2D eigenvalue weighted by atomic mass is 9.96. The second-order valence-electron chi connectivity index (χ2n) is 3.22. The molecule has 1 aliphatic rings. The number of rotatable bonds is 2. The minimum Gasteiger partial charge on any atom is -0.352 e. The first kappa shape index (κ1) is 8.68. The number of ketones is 1. The van der Waals surface area contributed by atoms with Crippen LogP contribution >= 0.6 is 0 Å². The van der Waals surface area contributed by atoms with Crippen molar-refractivity contribution in [3.8, 4) is 0 Å². The Kier molecular flexibility index (Phi) is 2.30. The zero-order chi connectivity index (χ0) is 8.48. The van der Waals surface area contributed by atoms with Crippen LogP contribution in [0.3, 0.4) is 0 Å². The van der Waals surface area contributed by atoms with E-state index in [1.54, 1.807) is 6.92 Å². The maximum atomic E-state index is 11.2. The maximum Gasteiger partial charge on any atom is 0.180 e. The molecule has 1 atom stereocenters. The second kappa shape index (κ2) is 2.91. The molecule has 0 aromatic heterocycles. The number of ether oxygens (including phenoxy) is 1. The van der Waals surface area contributed by atoms with E-state index in [2.05, 4.69) is 5.32 Å². The Bertz CT molecular complexity index is 159. The number of carbonyl (C=O) groups excluding carboxylic acids is 1. The van der Waals surface area contributed by atoms with Gasteiger partial charge in [-0.15, -0.1) is 0 Å². The molecule has 3 nitrogen and oxygen atoms in total. The zero-order valence-corrected chi connectivity index (χ0v) is 7.31. The highest BCUT2D eigenvalue weighted by molar-refractivity contribution is 5.85. The van der Waals surface area contributed by atoms with Gasteiger partial charge in [0.1, 0.15) is 0 Å². The van der Waals surface area contributed by atoms with E-state index >= 15 is 0 Å². The van der Waals surface area contributed by atoms with Gasteiger partial charge in [0.2, 0.25) is 0 Å². The van der Waals surface area contributed by atoms with E-state index in [9.17, 15) is 4.79 Å². The van der Waals surface area contributed by atoms with Crippen molar-refractivity contribution >= 4 is 5.78 Å². The number of Topliss-reactive ketones (excluding diaryl/α,β-unsaturated/α-hetero) is 1. The van der Waals surface area contributed by atoms with Crippen LogP contribution in [0.15, 0.2) is 0 Å². The van der Waals surface area contributed by atoms with Gasteiger partial charge < -0.3 is 4.74 Å². The molecule has 0 bridgehead atoms. The second-order valence-corrected chi connectivity index (χ2v) is 3.22. The molecule has 1 aliphatic heterocycles. The molecule has 0 aliphatic carbocycles. The first-order chi connectivity index (χ1) is 5.09. The van der Waals surface area contributed by atoms with Crippen LogP contribution < -0.4 is 5.32 Å². The molecule has 0 spiro atoms. The van der Waals surface area contributed by atoms with Gasteiger partial charge in [0.25, 0.3) is 0 Å². The maximum absolute atomic E-state index is 11.2. The largest absolute Gasteiger partial charge is 0.352 e. The van der Waals surface area contributed by atoms with E-state index in [0.717, 1.165) is 6.54 Å². The standard InChI is InChI=1S/C8H15NO2/c1-6(2)8(7(3)10)9-4-5-11-8/h6,9H,4-5H2,1-3H3. The highest BCUT2D eigenvalue weighted by Gasteiger charge is 2.42. The third-order valence-electron chi connectivity index (χ3n) is 2.16. The minimum atomic E-state index is -0.694. The van der Waals surface area contributed by atoms with Crippen LogP contribution in [0.5, 0.6) is 0 Å². The van der Waals surface area contributed by atoms with E-state index in [1.807, 2.05) is 13.8 Å². The van der Waals surface area contributed by atoms with Crippen LogP contribution in [0.2, 0.25) is 0 Å². The van der Waals surface area contributed by atoms with Crippen LogP contribution in [-0.2, 0) is 9.53 Å². The van der Waals surface area contributed by atoms with Gasteiger partial charge in [-0.2, -0.15) is 0 Å². The molecule has 1 saturated heterocycles. The van der Waals surface area contributed by atoms with E-state index in [0.29, 0.717) is 6.61 Å². The number of carbonyl (C=O) groups is 1. The van der Waals surface area contributed by atoms with E-state index in [1.165, 1.54) is 0 Å². The van der Waals surface area contributed by atoms with Crippen molar-refractivity contribution in [2.75, 3.05) is 13.2 Å². The summed E-state index contributed by atoms with van der Waals surface area (Å²) in [6.45, 7) is 6.95. The Morgan fingerprint density at radius 3 is 2.45 bits per heavy atom. The van der Waals surface area contributed by atoms with Gasteiger partial charge >= 0.3 is 0 Å². The summed E-state index contributed by atoms with van der Waals surface area (Å²) in [6.07, 6.45) is 0. The molecular formula is C8H15NO2. The topological polar surface area (TPSA) is 38.3 Å². The fraction of sp³-hybridized carbons (Fsp3) is 0.875. The highest BCUT2D eigenvalue weighted by atomic mass is 16.5. The van der Waals surface area contributed by atoms with Crippen LogP contribution in [-0.4, -0.2) is 24.7 Å². The summed E-state index contributed by atoms with van der Waals surface area (Å²) in [5.74, 6) is 0.271. The van der Waals surface area contributed by atoms with Gasteiger partial charge in [-0.3, -0.25) is 10.1 Å². The summed E-state index contributed by atoms with van der Waals surface area (Å²) >= 11 is 0. The lowest BCUT2D eigenvalue weighted by Gasteiger charge is -2.29. The average Bonchev–Trinajstić information content (AvgIpc) is 2.34. The van der Waals surface area contributed by atoms with Crippen LogP contribution in [0, 0.1) is 5.92 Å². The first-order valence-electron chi connectivity index (χ1n) is 3.99. The molecule has 0 aromatic rings. The number of hydrogen-bond donors (Lipinski definition) is 1. The Morgan fingerprint density at radius 1 is 1.64 bits per heavy atom. The number of hydrogen-bond acceptors (Lipinski definition) is 3. The molecule has 0 aromatic carbocycles. The van der Waals surface area contributed by atoms with Gasteiger partial charge in [-0.05, 0) is 6.92 Å². The molecule has 64 valence electrons. The molecular weight excluding hydrogens is 142 g/mol. The monoisotopic (exact) mass is 157 g/mol. The van der Waals surface area contributed by atoms with E-state index < -0.39 is 5.72 Å². The quantitative estimate of drug-likeness (QED) is 0.636. The molecule has 3 heteroatoms. The summed E-state index contributed by atoms with van der Waals surface area (Å²) in [6, 6.07) is 0. The Labute approximate surface area is 67.1 Å². The van der Waals surface area contributed by atoms with E-state index in [4.69, 9.17) is 4.74 Å². The zero-order valence-electron chi connectivity index (χ0n) is 7.31. The van der Waals surface area contributed by atoms with Gasteiger partial charge in [0.15, 0.2) is 11.5 Å². The van der Waals surface area contributed by atoms with Crippen molar-refractivity contribution < 1.29 is 9.53 Å². The molecule has 0 radical (unpaired) electrons. The molecule has 1 heterocycles. The van der Waals surface area contributed by atoms with Crippen molar-refractivity contribution in [3.05, 3.63) is 0 Å². The lowest BCUT2D eigenvalue weighted by molar-refractivity contribution is -0.144. The Hall–Kier alpha value is -0.410. The Balaban J connectivity index is 2.79. The smallest absolute Gasteiger partial charge is 0.180 e. The molecule has 11 heavy (non-hydrogen) atoms. The SMILES string of the molecule is CC(=O)C1(C(C)C)NCCO1. The van der Waals surface area contributed by atoms with Crippen LogP contribution in [0.1, 0.15) is 20.8 Å². The van der Waals surface area contributed by atoms with E-state index in [-0.39, 0.29) is 11.7 Å². The van der Waals surface area contributed by atoms with Crippen molar-refractivity contribution in [1.82, 2.24) is 5.32 Å². The van der Waals surface area contributed by atoms with Crippen molar-refractivity contribution in [1.29, 1.82) is 0 Å². The van der Waals surface area contributed by atoms with Gasteiger partial charge in [-0.25, -0.2) is 0 Å². The minimum absolute atomic E-state index is 0.0741. The predicted octanol–water partition coefficient (Wildman–Crippen LogP) is 0.547. The van der Waals surface area contributed by atoms with Gasteiger partial charge in [0.05, 0.1) is 6.61 Å². The summed E-state index contributed by atoms with van der Waals surface area (Å²) < 4.78 is 5.40. The summed E-state index contributed by atoms with van der Waals surface area (Å²) in [5.41, 5.74) is -0.694. The molecule has 1 rings (SSSR count). The fourth-order valence-electron chi connectivity index (χ4n) is 1.50. The third-order valence-corrected chi connectivity index (χ3v) is 2.16. The molecule has 1 N–H and O–H groups in total. The fourth-order valence-corrected chi connectivity index (χ4v) is 1.50. The van der Waals surface area contributed by atoms with Gasteiger partial charge in [0, 0.05) is 12.5 Å². The molecule has 0 saturated carbocycles. The molecule has 0 amide bonds. The number of nitrogens with one attached hydrogen (secondary N) is 1. The van der Waals surface area contributed by atoms with Crippen molar-refractivity contribution in [2.45, 2.75) is 26.5 Å². The van der Waals surface area contributed by atoms with Gasteiger partial charge in [-0.1, -0.05) is 13.8 Å². The van der Waals surface area contributed by atoms with Crippen molar-refractivity contribution in [3.63, 3.8) is 0 Å². The molecule has 1 unspecified atom stereocenters. The van der Waals surface area contributed by atoms with Crippen LogP contribution in [0.25, 0.3) is 0 Å². The Morgan fingerprint density at radius 2 is 2.27 bits per heavy atom. The van der Waals surface area contributed by atoms with Crippen LogP contribution in [0.4, 0.5) is 0 Å². The predicted molar refractivity (Wildman–Crippen MR) is 42.2 cm³/mol. The summed E-state index contributed by atoms with van der Waals surface area (Å²) in [4.78, 5) is 11.2. The lowest BCUT2D eigenvalue weighted by Crippen LogP contribution is -2.52.